The van der Waals surface area contributed by atoms with Gasteiger partial charge < -0.3 is 5.11 Å². The SMILES string of the molecule is CCC1(O)CCCCN1Cc1ccccc1. The van der Waals surface area contributed by atoms with Crippen molar-refractivity contribution in [2.24, 2.45) is 0 Å². The molecule has 1 atom stereocenters. The summed E-state index contributed by atoms with van der Waals surface area (Å²) in [5.41, 5.74) is 0.713. The number of benzene rings is 1. The summed E-state index contributed by atoms with van der Waals surface area (Å²) < 4.78 is 0. The zero-order valence-corrected chi connectivity index (χ0v) is 10.0. The number of hydrogen-bond donors (Lipinski definition) is 1. The van der Waals surface area contributed by atoms with Gasteiger partial charge in [0.25, 0.3) is 0 Å². The number of rotatable bonds is 3. The summed E-state index contributed by atoms with van der Waals surface area (Å²) in [5.74, 6) is 0. The largest absolute Gasteiger partial charge is 0.376 e. The lowest BCUT2D eigenvalue weighted by atomic mass is 9.95. The van der Waals surface area contributed by atoms with Crippen molar-refractivity contribution in [2.75, 3.05) is 6.54 Å². The molecular weight excluding hydrogens is 198 g/mol. The first-order valence-electron chi connectivity index (χ1n) is 6.26. The zero-order valence-electron chi connectivity index (χ0n) is 10.0. The van der Waals surface area contributed by atoms with Crippen molar-refractivity contribution >= 4 is 0 Å². The van der Waals surface area contributed by atoms with E-state index < -0.39 is 5.72 Å². The van der Waals surface area contributed by atoms with Crippen molar-refractivity contribution in [1.82, 2.24) is 4.90 Å². The molecule has 1 saturated heterocycles. The van der Waals surface area contributed by atoms with Crippen LogP contribution in [0.3, 0.4) is 0 Å². The van der Waals surface area contributed by atoms with E-state index in [9.17, 15) is 5.11 Å². The Bertz CT molecular complexity index is 325. The molecule has 2 nitrogen and oxygen atoms in total. The fourth-order valence-corrected chi connectivity index (χ4v) is 2.51. The van der Waals surface area contributed by atoms with Crippen LogP contribution in [0.1, 0.15) is 38.2 Å². The summed E-state index contributed by atoms with van der Waals surface area (Å²) in [5, 5.41) is 10.5. The zero-order chi connectivity index (χ0) is 11.4. The summed E-state index contributed by atoms with van der Waals surface area (Å²) in [6.07, 6.45) is 4.08. The van der Waals surface area contributed by atoms with Crippen LogP contribution in [0.15, 0.2) is 30.3 Å². The molecule has 1 fully saturated rings. The van der Waals surface area contributed by atoms with Gasteiger partial charge in [-0.1, -0.05) is 37.3 Å². The number of piperidine rings is 1. The molecule has 1 N–H and O–H groups in total. The molecule has 2 rings (SSSR count). The molecule has 1 heterocycles. The van der Waals surface area contributed by atoms with Gasteiger partial charge in [-0.05, 0) is 31.2 Å². The number of likely N-dealkylation sites (tertiary alicyclic amines) is 1. The smallest absolute Gasteiger partial charge is 0.118 e. The molecule has 1 aliphatic rings. The lowest BCUT2D eigenvalue weighted by molar-refractivity contribution is -0.138. The van der Waals surface area contributed by atoms with Gasteiger partial charge in [0.15, 0.2) is 0 Å². The minimum atomic E-state index is -0.575. The van der Waals surface area contributed by atoms with Crippen LogP contribution < -0.4 is 0 Å². The minimum Gasteiger partial charge on any atom is -0.376 e. The summed E-state index contributed by atoms with van der Waals surface area (Å²) in [4.78, 5) is 2.23. The van der Waals surface area contributed by atoms with E-state index in [4.69, 9.17) is 0 Å². The molecule has 1 aromatic rings. The van der Waals surface area contributed by atoms with E-state index in [-0.39, 0.29) is 0 Å². The molecule has 0 aliphatic carbocycles. The van der Waals surface area contributed by atoms with Gasteiger partial charge in [-0.15, -0.1) is 0 Å². The van der Waals surface area contributed by atoms with E-state index in [0.717, 1.165) is 32.4 Å². The molecule has 88 valence electrons. The molecule has 0 spiro atoms. The summed E-state index contributed by atoms with van der Waals surface area (Å²) >= 11 is 0. The lowest BCUT2D eigenvalue weighted by Crippen LogP contribution is -2.50. The first-order valence-corrected chi connectivity index (χ1v) is 6.26. The van der Waals surface area contributed by atoms with Crippen molar-refractivity contribution in [1.29, 1.82) is 0 Å². The highest BCUT2D eigenvalue weighted by molar-refractivity contribution is 5.14. The molecule has 0 radical (unpaired) electrons. The van der Waals surface area contributed by atoms with Gasteiger partial charge in [0.1, 0.15) is 5.72 Å². The van der Waals surface area contributed by atoms with Crippen molar-refractivity contribution in [2.45, 2.75) is 44.9 Å². The van der Waals surface area contributed by atoms with Crippen LogP contribution in [0.4, 0.5) is 0 Å². The fraction of sp³-hybridized carbons (Fsp3) is 0.571. The van der Waals surface area contributed by atoms with Crippen LogP contribution in [0.25, 0.3) is 0 Å². The highest BCUT2D eigenvalue weighted by Gasteiger charge is 2.34. The minimum absolute atomic E-state index is 0.575. The van der Waals surface area contributed by atoms with Crippen molar-refractivity contribution in [3.05, 3.63) is 35.9 Å². The molecule has 0 aromatic heterocycles. The second kappa shape index (κ2) is 4.98. The van der Waals surface area contributed by atoms with E-state index in [1.54, 1.807) is 0 Å². The van der Waals surface area contributed by atoms with Crippen LogP contribution >= 0.6 is 0 Å². The molecular formula is C14H21NO. The Hall–Kier alpha value is -0.860. The number of hydrogen-bond acceptors (Lipinski definition) is 2. The van der Waals surface area contributed by atoms with Crippen LogP contribution in [0.5, 0.6) is 0 Å². The molecule has 2 heteroatoms. The van der Waals surface area contributed by atoms with Crippen LogP contribution in [-0.4, -0.2) is 22.3 Å². The van der Waals surface area contributed by atoms with E-state index in [1.165, 1.54) is 12.0 Å². The first kappa shape index (κ1) is 11.6. The van der Waals surface area contributed by atoms with Gasteiger partial charge in [-0.25, -0.2) is 0 Å². The van der Waals surface area contributed by atoms with Crippen molar-refractivity contribution < 1.29 is 5.11 Å². The maximum Gasteiger partial charge on any atom is 0.118 e. The second-order valence-corrected chi connectivity index (χ2v) is 4.70. The topological polar surface area (TPSA) is 23.5 Å². The Morgan fingerprint density at radius 1 is 1.25 bits per heavy atom. The third-order valence-electron chi connectivity index (χ3n) is 3.63. The maximum absolute atomic E-state index is 10.5. The predicted molar refractivity (Wildman–Crippen MR) is 65.9 cm³/mol. The standard InChI is InChI=1S/C14H21NO/c1-2-14(16)10-6-7-11-15(14)12-13-8-4-3-5-9-13/h3-5,8-9,16H,2,6-7,10-12H2,1H3. The van der Waals surface area contributed by atoms with Crippen LogP contribution in [-0.2, 0) is 6.54 Å². The van der Waals surface area contributed by atoms with Gasteiger partial charge in [-0.3, -0.25) is 4.90 Å². The van der Waals surface area contributed by atoms with Crippen molar-refractivity contribution in [3.63, 3.8) is 0 Å². The van der Waals surface area contributed by atoms with Crippen LogP contribution in [0.2, 0.25) is 0 Å². The number of nitrogens with zero attached hydrogens (tertiary/aromatic N) is 1. The monoisotopic (exact) mass is 219 g/mol. The average molecular weight is 219 g/mol. The predicted octanol–water partition coefficient (Wildman–Crippen LogP) is 2.77. The summed E-state index contributed by atoms with van der Waals surface area (Å²) in [6.45, 7) is 3.95. The van der Waals surface area contributed by atoms with Gasteiger partial charge in [-0.2, -0.15) is 0 Å². The average Bonchev–Trinajstić information content (AvgIpc) is 2.34. The second-order valence-electron chi connectivity index (χ2n) is 4.70. The van der Waals surface area contributed by atoms with Gasteiger partial charge in [0, 0.05) is 13.1 Å². The fourth-order valence-electron chi connectivity index (χ4n) is 2.51. The Morgan fingerprint density at radius 3 is 2.69 bits per heavy atom. The first-order chi connectivity index (χ1) is 7.74. The molecule has 0 saturated carbocycles. The quantitative estimate of drug-likeness (QED) is 0.845. The molecule has 0 bridgehead atoms. The Balaban J connectivity index is 2.07. The molecule has 1 aliphatic heterocycles. The lowest BCUT2D eigenvalue weighted by Gasteiger charge is -2.43. The normalized spacial score (nSPS) is 26.9. The Labute approximate surface area is 97.9 Å². The van der Waals surface area contributed by atoms with Crippen molar-refractivity contribution in [3.8, 4) is 0 Å². The summed E-state index contributed by atoms with van der Waals surface area (Å²) in [6, 6.07) is 10.4. The molecule has 0 amide bonds. The van der Waals surface area contributed by atoms with E-state index in [1.807, 2.05) is 6.07 Å². The Kier molecular flexibility index (Phi) is 3.62. The highest BCUT2D eigenvalue weighted by atomic mass is 16.3. The van der Waals surface area contributed by atoms with Gasteiger partial charge in [0.2, 0.25) is 0 Å². The highest BCUT2D eigenvalue weighted by Crippen LogP contribution is 2.29. The molecule has 16 heavy (non-hydrogen) atoms. The number of aliphatic hydroxyl groups is 1. The van der Waals surface area contributed by atoms with E-state index >= 15 is 0 Å². The molecule has 1 aromatic carbocycles. The molecule has 1 unspecified atom stereocenters. The van der Waals surface area contributed by atoms with Crippen LogP contribution in [0, 0.1) is 0 Å². The van der Waals surface area contributed by atoms with E-state index in [0.29, 0.717) is 0 Å². The van der Waals surface area contributed by atoms with Gasteiger partial charge in [0.05, 0.1) is 0 Å². The van der Waals surface area contributed by atoms with Gasteiger partial charge >= 0.3 is 0 Å². The Morgan fingerprint density at radius 2 is 2.00 bits per heavy atom. The van der Waals surface area contributed by atoms with E-state index in [2.05, 4.69) is 36.1 Å². The maximum atomic E-state index is 10.5. The third-order valence-corrected chi connectivity index (χ3v) is 3.63. The third kappa shape index (κ3) is 2.45. The summed E-state index contributed by atoms with van der Waals surface area (Å²) in [7, 11) is 0.